The lowest BCUT2D eigenvalue weighted by atomic mass is 10.0. The Bertz CT molecular complexity index is 1050. The fraction of sp³-hybridized carbons (Fsp3) is 0.385. The average molecular weight is 437 g/mol. The van der Waals surface area contributed by atoms with Crippen molar-refractivity contribution >= 4 is 28.6 Å². The summed E-state index contributed by atoms with van der Waals surface area (Å²) in [6.45, 7) is 7.85. The quantitative estimate of drug-likeness (QED) is 0.307. The van der Waals surface area contributed by atoms with Gasteiger partial charge in [-0.25, -0.2) is 4.98 Å². The minimum atomic E-state index is -0.0532. The smallest absolute Gasteiger partial charge is 0.225 e. The predicted octanol–water partition coefficient (Wildman–Crippen LogP) is 5.95. The SMILES string of the molecule is COCCCN(Cc1cc2ccc(SC)cc2nc1-c1cccc(C)c1)C(=O)C(C)C. The Morgan fingerprint density at radius 2 is 1.97 bits per heavy atom. The number of hydrogen-bond acceptors (Lipinski definition) is 4. The molecule has 0 fully saturated rings. The van der Waals surface area contributed by atoms with Gasteiger partial charge in [0.05, 0.1) is 11.2 Å². The summed E-state index contributed by atoms with van der Waals surface area (Å²) in [5.41, 5.74) is 5.27. The number of thioether (sulfide) groups is 1. The van der Waals surface area contributed by atoms with Crippen molar-refractivity contribution in [1.82, 2.24) is 9.88 Å². The summed E-state index contributed by atoms with van der Waals surface area (Å²) in [5, 5.41) is 1.10. The molecule has 5 heteroatoms. The van der Waals surface area contributed by atoms with Gasteiger partial charge in [-0.05, 0) is 49.4 Å². The summed E-state index contributed by atoms with van der Waals surface area (Å²) in [6, 6.07) is 17.0. The van der Waals surface area contributed by atoms with Crippen LogP contribution in [0.25, 0.3) is 22.2 Å². The first-order valence-electron chi connectivity index (χ1n) is 10.8. The van der Waals surface area contributed by atoms with Gasteiger partial charge in [-0.1, -0.05) is 43.7 Å². The van der Waals surface area contributed by atoms with Crippen LogP contribution in [0.5, 0.6) is 0 Å². The van der Waals surface area contributed by atoms with Crippen LogP contribution in [-0.2, 0) is 16.1 Å². The van der Waals surface area contributed by atoms with E-state index < -0.39 is 0 Å². The molecule has 0 aliphatic heterocycles. The van der Waals surface area contributed by atoms with Gasteiger partial charge in [0.15, 0.2) is 0 Å². The summed E-state index contributed by atoms with van der Waals surface area (Å²) in [4.78, 5) is 21.2. The fourth-order valence-corrected chi connectivity index (χ4v) is 4.15. The molecule has 0 saturated carbocycles. The molecule has 2 aromatic carbocycles. The number of aromatic nitrogens is 1. The Morgan fingerprint density at radius 3 is 2.65 bits per heavy atom. The van der Waals surface area contributed by atoms with E-state index in [9.17, 15) is 4.79 Å². The molecular formula is C26H32N2O2S. The van der Waals surface area contributed by atoms with Crippen molar-refractivity contribution in [2.24, 2.45) is 5.92 Å². The van der Waals surface area contributed by atoms with Crippen LogP contribution in [-0.4, -0.2) is 42.3 Å². The molecule has 0 saturated heterocycles. The third kappa shape index (κ3) is 5.86. The number of fused-ring (bicyclic) bond motifs is 1. The number of methoxy groups -OCH3 is 1. The molecule has 1 heterocycles. The van der Waals surface area contributed by atoms with Gasteiger partial charge in [-0.15, -0.1) is 11.8 Å². The minimum absolute atomic E-state index is 0.0532. The number of rotatable bonds is 9. The highest BCUT2D eigenvalue weighted by atomic mass is 32.2. The van der Waals surface area contributed by atoms with E-state index in [4.69, 9.17) is 9.72 Å². The van der Waals surface area contributed by atoms with E-state index in [2.05, 4.69) is 61.7 Å². The molecule has 0 unspecified atom stereocenters. The number of carbonyl (C=O) groups is 1. The molecular weight excluding hydrogens is 404 g/mol. The summed E-state index contributed by atoms with van der Waals surface area (Å²) >= 11 is 1.72. The maximum Gasteiger partial charge on any atom is 0.225 e. The second kappa shape index (κ2) is 10.8. The lowest BCUT2D eigenvalue weighted by Gasteiger charge is -2.26. The van der Waals surface area contributed by atoms with Crippen molar-refractivity contribution in [3.8, 4) is 11.3 Å². The maximum absolute atomic E-state index is 13.0. The van der Waals surface area contributed by atoms with Crippen molar-refractivity contribution in [2.45, 2.75) is 38.6 Å². The van der Waals surface area contributed by atoms with Crippen LogP contribution in [0.1, 0.15) is 31.4 Å². The Hall–Kier alpha value is -2.37. The summed E-state index contributed by atoms with van der Waals surface area (Å²) in [6.07, 6.45) is 2.89. The van der Waals surface area contributed by atoms with E-state index in [1.165, 1.54) is 10.5 Å². The lowest BCUT2D eigenvalue weighted by molar-refractivity contribution is -0.135. The van der Waals surface area contributed by atoms with Gasteiger partial charge in [-0.2, -0.15) is 0 Å². The topological polar surface area (TPSA) is 42.4 Å². The van der Waals surface area contributed by atoms with Gasteiger partial charge in [-0.3, -0.25) is 4.79 Å². The third-order valence-corrected chi connectivity index (χ3v) is 6.06. The van der Waals surface area contributed by atoms with Crippen molar-refractivity contribution in [3.05, 3.63) is 59.7 Å². The van der Waals surface area contributed by atoms with E-state index >= 15 is 0 Å². The van der Waals surface area contributed by atoms with Crippen LogP contribution in [0.2, 0.25) is 0 Å². The van der Waals surface area contributed by atoms with Crippen molar-refractivity contribution in [3.63, 3.8) is 0 Å². The van der Waals surface area contributed by atoms with Crippen molar-refractivity contribution in [2.75, 3.05) is 26.5 Å². The molecule has 1 amide bonds. The summed E-state index contributed by atoms with van der Waals surface area (Å²) in [7, 11) is 1.69. The number of nitrogens with zero attached hydrogens (tertiary/aromatic N) is 2. The Morgan fingerprint density at radius 1 is 1.16 bits per heavy atom. The molecule has 0 radical (unpaired) electrons. The van der Waals surface area contributed by atoms with Crippen molar-refractivity contribution in [1.29, 1.82) is 0 Å². The molecule has 0 aliphatic rings. The van der Waals surface area contributed by atoms with Gasteiger partial charge in [0.2, 0.25) is 5.91 Å². The normalized spacial score (nSPS) is 11.3. The van der Waals surface area contributed by atoms with Crippen LogP contribution >= 0.6 is 11.8 Å². The zero-order valence-corrected chi connectivity index (χ0v) is 20.0. The van der Waals surface area contributed by atoms with Crippen LogP contribution < -0.4 is 0 Å². The highest BCUT2D eigenvalue weighted by molar-refractivity contribution is 7.98. The number of hydrogen-bond donors (Lipinski definition) is 0. The highest BCUT2D eigenvalue weighted by Crippen LogP contribution is 2.30. The van der Waals surface area contributed by atoms with Crippen LogP contribution in [0.4, 0.5) is 0 Å². The van der Waals surface area contributed by atoms with Gasteiger partial charge >= 0.3 is 0 Å². The van der Waals surface area contributed by atoms with E-state index in [1.807, 2.05) is 18.7 Å². The minimum Gasteiger partial charge on any atom is -0.385 e. The number of amides is 1. The first kappa shape index (κ1) is 23.3. The summed E-state index contributed by atoms with van der Waals surface area (Å²) in [5.74, 6) is 0.103. The van der Waals surface area contributed by atoms with Gasteiger partial charge in [0.1, 0.15) is 0 Å². The molecule has 0 spiro atoms. The predicted molar refractivity (Wildman–Crippen MR) is 130 cm³/mol. The number of ether oxygens (including phenoxy) is 1. The molecule has 0 atom stereocenters. The zero-order chi connectivity index (χ0) is 22.4. The maximum atomic E-state index is 13.0. The molecule has 31 heavy (non-hydrogen) atoms. The molecule has 4 nitrogen and oxygen atoms in total. The molecule has 3 rings (SSSR count). The number of aryl methyl sites for hydroxylation is 1. The monoisotopic (exact) mass is 436 g/mol. The average Bonchev–Trinajstić information content (AvgIpc) is 2.77. The molecule has 1 aromatic heterocycles. The molecule has 3 aromatic rings. The second-order valence-electron chi connectivity index (χ2n) is 8.19. The van der Waals surface area contributed by atoms with Crippen LogP contribution in [0, 0.1) is 12.8 Å². The summed E-state index contributed by atoms with van der Waals surface area (Å²) < 4.78 is 5.22. The fourth-order valence-electron chi connectivity index (χ4n) is 3.72. The van der Waals surface area contributed by atoms with Crippen molar-refractivity contribution < 1.29 is 9.53 Å². The first-order valence-corrected chi connectivity index (χ1v) is 12.0. The van der Waals surface area contributed by atoms with Gasteiger partial charge < -0.3 is 9.64 Å². The largest absolute Gasteiger partial charge is 0.385 e. The van der Waals surface area contributed by atoms with E-state index in [0.717, 1.165) is 34.1 Å². The van der Waals surface area contributed by atoms with Crippen LogP contribution in [0.15, 0.2) is 53.4 Å². The van der Waals surface area contributed by atoms with Crippen LogP contribution in [0.3, 0.4) is 0 Å². The molecule has 0 bridgehead atoms. The molecule has 0 aliphatic carbocycles. The lowest BCUT2D eigenvalue weighted by Crippen LogP contribution is -2.35. The van der Waals surface area contributed by atoms with Gasteiger partial charge in [0.25, 0.3) is 0 Å². The first-order chi connectivity index (χ1) is 14.9. The molecule has 0 N–H and O–H groups in total. The Balaban J connectivity index is 2.09. The van der Waals surface area contributed by atoms with E-state index in [-0.39, 0.29) is 11.8 Å². The highest BCUT2D eigenvalue weighted by Gasteiger charge is 2.20. The molecule has 164 valence electrons. The zero-order valence-electron chi connectivity index (χ0n) is 19.1. The van der Waals surface area contributed by atoms with E-state index in [0.29, 0.717) is 19.7 Å². The Labute approximate surface area is 190 Å². The number of pyridine rings is 1. The second-order valence-corrected chi connectivity index (χ2v) is 9.06. The third-order valence-electron chi connectivity index (χ3n) is 5.34. The Kier molecular flexibility index (Phi) is 8.10. The van der Waals surface area contributed by atoms with E-state index in [1.54, 1.807) is 18.9 Å². The number of benzene rings is 2. The number of carbonyl (C=O) groups excluding carboxylic acids is 1. The standard InChI is InChI=1S/C26H32N2O2S/c1-18(2)26(29)28(12-7-13-30-4)17-22-15-20-10-11-23(31-5)16-24(20)27-25(22)21-9-6-8-19(3)14-21/h6,8-11,14-16,18H,7,12-13,17H2,1-5H3. The van der Waals surface area contributed by atoms with Gasteiger partial charge in [0, 0.05) is 48.6 Å².